The van der Waals surface area contributed by atoms with Crippen molar-refractivity contribution in [2.45, 2.75) is 31.6 Å². The number of nitrogens with zero attached hydrogens (tertiary/aromatic N) is 1. The van der Waals surface area contributed by atoms with Gasteiger partial charge in [-0.25, -0.2) is 0 Å². The van der Waals surface area contributed by atoms with Crippen LogP contribution < -0.4 is 5.73 Å². The van der Waals surface area contributed by atoms with E-state index in [-0.39, 0.29) is 5.41 Å². The normalized spacial score (nSPS) is 17.6. The van der Waals surface area contributed by atoms with E-state index in [9.17, 15) is 0 Å². The third-order valence-electron chi connectivity index (χ3n) is 4.30. The van der Waals surface area contributed by atoms with Crippen molar-refractivity contribution in [1.82, 2.24) is 4.57 Å². The summed E-state index contributed by atoms with van der Waals surface area (Å²) >= 11 is 0. The summed E-state index contributed by atoms with van der Waals surface area (Å²) < 4.78 is 2.25. The maximum Gasteiger partial charge on any atom is 0.0483 e. The molecule has 1 heterocycles. The maximum atomic E-state index is 5.98. The Kier molecular flexibility index (Phi) is 2.30. The van der Waals surface area contributed by atoms with Crippen LogP contribution in [0.1, 0.15) is 30.9 Å². The van der Waals surface area contributed by atoms with Crippen LogP contribution in [0, 0.1) is 0 Å². The van der Waals surface area contributed by atoms with Gasteiger partial charge in [0.15, 0.2) is 0 Å². The summed E-state index contributed by atoms with van der Waals surface area (Å²) in [5.41, 5.74) is 10.6. The van der Waals surface area contributed by atoms with Crippen LogP contribution in [0.3, 0.4) is 0 Å². The third kappa shape index (κ3) is 1.44. The van der Waals surface area contributed by atoms with Crippen molar-refractivity contribution in [1.29, 1.82) is 0 Å². The van der Waals surface area contributed by atoms with Gasteiger partial charge < -0.3 is 10.3 Å². The molecule has 0 unspecified atom stereocenters. The van der Waals surface area contributed by atoms with E-state index in [2.05, 4.69) is 42.9 Å². The lowest BCUT2D eigenvalue weighted by molar-refractivity contribution is 0.706. The predicted molar refractivity (Wildman–Crippen MR) is 72.3 cm³/mol. The highest BCUT2D eigenvalue weighted by atomic mass is 14.9. The smallest absolute Gasteiger partial charge is 0.0483 e. The van der Waals surface area contributed by atoms with Crippen LogP contribution >= 0.6 is 0 Å². The molecule has 0 saturated heterocycles. The number of hydrogen-bond acceptors (Lipinski definition) is 1. The van der Waals surface area contributed by atoms with Gasteiger partial charge in [0.1, 0.15) is 0 Å². The highest BCUT2D eigenvalue weighted by Gasteiger charge is 2.44. The van der Waals surface area contributed by atoms with E-state index < -0.39 is 0 Å². The van der Waals surface area contributed by atoms with Crippen molar-refractivity contribution in [2.24, 2.45) is 12.8 Å². The summed E-state index contributed by atoms with van der Waals surface area (Å²) in [5, 5.41) is 1.46. The zero-order valence-electron chi connectivity index (χ0n) is 10.7. The Morgan fingerprint density at radius 1 is 1.35 bits per heavy atom. The van der Waals surface area contributed by atoms with E-state index in [0.717, 1.165) is 13.0 Å². The molecule has 2 heteroatoms. The first-order chi connectivity index (χ1) is 8.22. The van der Waals surface area contributed by atoms with Gasteiger partial charge >= 0.3 is 0 Å². The Morgan fingerprint density at radius 2 is 2.12 bits per heavy atom. The Morgan fingerprint density at radius 3 is 2.71 bits per heavy atom. The number of hydrogen-bond donors (Lipinski definition) is 1. The fourth-order valence-electron chi connectivity index (χ4n) is 2.95. The van der Waals surface area contributed by atoms with Crippen LogP contribution in [0.2, 0.25) is 0 Å². The van der Waals surface area contributed by atoms with E-state index in [1.807, 2.05) is 0 Å². The van der Waals surface area contributed by atoms with Crippen molar-refractivity contribution in [2.75, 3.05) is 6.54 Å². The molecule has 1 saturated carbocycles. The number of aryl methyl sites for hydroxylation is 2. The quantitative estimate of drug-likeness (QED) is 0.860. The molecular formula is C15H20N2. The van der Waals surface area contributed by atoms with E-state index in [4.69, 9.17) is 5.73 Å². The van der Waals surface area contributed by atoms with Crippen LogP contribution in [0.15, 0.2) is 24.4 Å². The molecule has 2 aromatic rings. The Balaban J connectivity index is 2.32. The number of aromatic nitrogens is 1. The fourth-order valence-corrected chi connectivity index (χ4v) is 2.95. The first kappa shape index (κ1) is 10.8. The zero-order valence-corrected chi connectivity index (χ0v) is 10.7. The first-order valence-corrected chi connectivity index (χ1v) is 6.49. The largest absolute Gasteiger partial charge is 0.350 e. The van der Waals surface area contributed by atoms with Gasteiger partial charge in [-0.2, -0.15) is 0 Å². The summed E-state index contributed by atoms with van der Waals surface area (Å²) in [7, 11) is 2.14. The Labute approximate surface area is 102 Å². The Bertz CT molecular complexity index is 562. The second-order valence-corrected chi connectivity index (χ2v) is 5.30. The first-order valence-electron chi connectivity index (χ1n) is 6.49. The SMILES string of the molecule is CCc1cccc2c1c(C1(CN)CC1)cn2C. The molecule has 0 radical (unpaired) electrons. The second-order valence-electron chi connectivity index (χ2n) is 5.30. The molecule has 0 atom stereocenters. The topological polar surface area (TPSA) is 30.9 Å². The molecule has 0 spiro atoms. The van der Waals surface area contributed by atoms with Crippen molar-refractivity contribution in [3.63, 3.8) is 0 Å². The maximum absolute atomic E-state index is 5.98. The molecular weight excluding hydrogens is 208 g/mol. The average molecular weight is 228 g/mol. The molecule has 3 rings (SSSR count). The van der Waals surface area contributed by atoms with Crippen molar-refractivity contribution < 1.29 is 0 Å². The molecule has 1 aromatic heterocycles. The van der Waals surface area contributed by atoms with Gasteiger partial charge in [0, 0.05) is 36.1 Å². The van der Waals surface area contributed by atoms with Gasteiger partial charge in [0.25, 0.3) is 0 Å². The minimum atomic E-state index is 0.283. The standard InChI is InChI=1S/C15H20N2/c1-3-11-5-4-6-13-14(11)12(9-17(13)2)15(10-16)7-8-15/h4-6,9H,3,7-8,10,16H2,1-2H3. The van der Waals surface area contributed by atoms with Crippen LogP contribution in [0.25, 0.3) is 10.9 Å². The predicted octanol–water partition coefficient (Wildman–Crippen LogP) is 2.73. The average Bonchev–Trinajstić information content (AvgIpc) is 3.09. The number of benzene rings is 1. The molecule has 1 aliphatic rings. The molecule has 0 aliphatic heterocycles. The van der Waals surface area contributed by atoms with Gasteiger partial charge in [0.05, 0.1) is 0 Å². The molecule has 1 aliphatic carbocycles. The summed E-state index contributed by atoms with van der Waals surface area (Å²) in [6.07, 6.45) is 5.89. The van der Waals surface area contributed by atoms with E-state index >= 15 is 0 Å². The molecule has 17 heavy (non-hydrogen) atoms. The highest BCUT2D eigenvalue weighted by Crippen LogP contribution is 2.50. The van der Waals surface area contributed by atoms with Gasteiger partial charge in [-0.1, -0.05) is 19.1 Å². The van der Waals surface area contributed by atoms with Crippen LogP contribution in [-0.2, 0) is 18.9 Å². The molecule has 0 bridgehead atoms. The number of fused-ring (bicyclic) bond motifs is 1. The van der Waals surface area contributed by atoms with Gasteiger partial charge in [-0.15, -0.1) is 0 Å². The molecule has 1 aromatic carbocycles. The summed E-state index contributed by atoms with van der Waals surface area (Å²) in [6.45, 7) is 3.01. The van der Waals surface area contributed by atoms with Crippen molar-refractivity contribution in [3.8, 4) is 0 Å². The second kappa shape index (κ2) is 3.61. The lowest BCUT2D eigenvalue weighted by Crippen LogP contribution is -2.19. The van der Waals surface area contributed by atoms with E-state index in [1.54, 1.807) is 0 Å². The molecule has 1 fully saturated rings. The Hall–Kier alpha value is -1.28. The van der Waals surface area contributed by atoms with Crippen molar-refractivity contribution >= 4 is 10.9 Å². The summed E-state index contributed by atoms with van der Waals surface area (Å²) in [5.74, 6) is 0. The van der Waals surface area contributed by atoms with Crippen LogP contribution in [0.4, 0.5) is 0 Å². The van der Waals surface area contributed by atoms with Crippen LogP contribution in [-0.4, -0.2) is 11.1 Å². The molecule has 2 N–H and O–H groups in total. The minimum Gasteiger partial charge on any atom is -0.350 e. The van der Waals surface area contributed by atoms with Crippen LogP contribution in [0.5, 0.6) is 0 Å². The third-order valence-corrected chi connectivity index (χ3v) is 4.30. The molecule has 0 amide bonds. The lowest BCUT2D eigenvalue weighted by atomic mass is 9.92. The van der Waals surface area contributed by atoms with Crippen molar-refractivity contribution in [3.05, 3.63) is 35.5 Å². The fraction of sp³-hybridized carbons (Fsp3) is 0.467. The van der Waals surface area contributed by atoms with Gasteiger partial charge in [-0.05, 0) is 36.5 Å². The number of rotatable bonds is 3. The van der Waals surface area contributed by atoms with E-state index in [0.29, 0.717) is 0 Å². The summed E-state index contributed by atoms with van der Waals surface area (Å²) in [6, 6.07) is 6.62. The summed E-state index contributed by atoms with van der Waals surface area (Å²) in [4.78, 5) is 0. The monoisotopic (exact) mass is 228 g/mol. The molecule has 90 valence electrons. The van der Waals surface area contributed by atoms with Gasteiger partial charge in [-0.3, -0.25) is 0 Å². The minimum absolute atomic E-state index is 0.283. The lowest BCUT2D eigenvalue weighted by Gasteiger charge is -2.12. The number of nitrogens with two attached hydrogens (primary N) is 1. The van der Waals surface area contributed by atoms with Gasteiger partial charge in [0.2, 0.25) is 0 Å². The zero-order chi connectivity index (χ0) is 12.0. The van der Waals surface area contributed by atoms with E-state index in [1.165, 1.54) is 34.9 Å². The molecule has 2 nitrogen and oxygen atoms in total. The highest BCUT2D eigenvalue weighted by molar-refractivity contribution is 5.89.